The molecule has 15 heavy (non-hydrogen) atoms. The molecule has 0 saturated carbocycles. The Kier molecular flexibility index (Phi) is 3.10. The quantitative estimate of drug-likeness (QED) is 0.857. The minimum atomic E-state index is -0.689. The van der Waals surface area contributed by atoms with Crippen LogP contribution in [0.2, 0.25) is 0 Å². The van der Waals surface area contributed by atoms with Gasteiger partial charge in [-0.1, -0.05) is 6.92 Å². The van der Waals surface area contributed by atoms with E-state index in [2.05, 4.69) is 5.38 Å². The number of carboxylic acid groups (broad SMARTS) is 1. The first-order valence-electron chi connectivity index (χ1n) is 5.49. The fraction of sp³-hybridized carbons (Fsp3) is 0.583. The average Bonchev–Trinajstić information content (AvgIpc) is 2.62. The van der Waals surface area contributed by atoms with Crippen LogP contribution in [0.4, 0.5) is 0 Å². The first-order valence-corrected chi connectivity index (χ1v) is 6.37. The van der Waals surface area contributed by atoms with Crippen molar-refractivity contribution in [1.29, 1.82) is 0 Å². The molecule has 1 aromatic rings. The Balaban J connectivity index is 2.15. The van der Waals surface area contributed by atoms with Crippen molar-refractivity contribution in [2.45, 2.75) is 39.0 Å². The number of aliphatic carboxylic acids is 1. The Hall–Kier alpha value is -0.830. The van der Waals surface area contributed by atoms with Gasteiger partial charge in [-0.3, -0.25) is 4.79 Å². The normalized spacial score (nSPS) is 17.1. The van der Waals surface area contributed by atoms with Crippen LogP contribution in [0.5, 0.6) is 0 Å². The Bertz CT molecular complexity index is 368. The molecule has 0 radical (unpaired) electrons. The van der Waals surface area contributed by atoms with Gasteiger partial charge in [0.1, 0.15) is 0 Å². The molecule has 1 heterocycles. The number of thiophene rings is 1. The van der Waals surface area contributed by atoms with Crippen LogP contribution in [-0.4, -0.2) is 11.1 Å². The molecule has 2 nitrogen and oxygen atoms in total. The zero-order valence-corrected chi connectivity index (χ0v) is 9.77. The molecule has 1 atom stereocenters. The standard InChI is InChI=1S/C12H16O2S/c1-8(12(13)14)6-9-7-15-11-5-3-2-4-10(9)11/h7-8H,2-6H2,1H3,(H,13,14). The number of carbonyl (C=O) groups is 1. The van der Waals surface area contributed by atoms with Gasteiger partial charge < -0.3 is 5.11 Å². The van der Waals surface area contributed by atoms with Crippen LogP contribution in [0.3, 0.4) is 0 Å². The molecule has 0 bridgehead atoms. The molecule has 1 aromatic heterocycles. The summed E-state index contributed by atoms with van der Waals surface area (Å²) in [4.78, 5) is 12.3. The Labute approximate surface area is 93.9 Å². The van der Waals surface area contributed by atoms with E-state index in [1.165, 1.54) is 35.3 Å². The Morgan fingerprint density at radius 2 is 2.27 bits per heavy atom. The summed E-state index contributed by atoms with van der Waals surface area (Å²) >= 11 is 1.81. The highest BCUT2D eigenvalue weighted by atomic mass is 32.1. The lowest BCUT2D eigenvalue weighted by Crippen LogP contribution is -2.13. The van der Waals surface area contributed by atoms with Crippen LogP contribution >= 0.6 is 11.3 Å². The van der Waals surface area contributed by atoms with Gasteiger partial charge in [-0.05, 0) is 48.6 Å². The topological polar surface area (TPSA) is 37.3 Å². The van der Waals surface area contributed by atoms with E-state index < -0.39 is 5.97 Å². The lowest BCUT2D eigenvalue weighted by molar-refractivity contribution is -0.141. The van der Waals surface area contributed by atoms with Crippen molar-refractivity contribution in [1.82, 2.24) is 0 Å². The second-order valence-electron chi connectivity index (χ2n) is 4.31. The van der Waals surface area contributed by atoms with Gasteiger partial charge in [0.05, 0.1) is 5.92 Å². The van der Waals surface area contributed by atoms with Gasteiger partial charge in [0, 0.05) is 4.88 Å². The molecule has 1 aliphatic rings. The van der Waals surface area contributed by atoms with Crippen molar-refractivity contribution in [3.05, 3.63) is 21.4 Å². The van der Waals surface area contributed by atoms with E-state index in [9.17, 15) is 4.79 Å². The van der Waals surface area contributed by atoms with E-state index in [0.717, 1.165) is 6.42 Å². The second-order valence-corrected chi connectivity index (χ2v) is 5.28. The third-order valence-electron chi connectivity index (χ3n) is 3.10. The van der Waals surface area contributed by atoms with E-state index in [-0.39, 0.29) is 5.92 Å². The molecule has 0 amide bonds. The van der Waals surface area contributed by atoms with Crippen LogP contribution in [0.1, 0.15) is 35.8 Å². The number of aryl methyl sites for hydroxylation is 1. The predicted octanol–water partition coefficient (Wildman–Crippen LogP) is 2.89. The van der Waals surface area contributed by atoms with Gasteiger partial charge in [-0.25, -0.2) is 0 Å². The second kappa shape index (κ2) is 4.35. The van der Waals surface area contributed by atoms with E-state index in [1.807, 2.05) is 11.3 Å². The van der Waals surface area contributed by atoms with Gasteiger partial charge in [-0.2, -0.15) is 0 Å². The van der Waals surface area contributed by atoms with Crippen LogP contribution in [0.15, 0.2) is 5.38 Å². The van der Waals surface area contributed by atoms with Crippen molar-refractivity contribution < 1.29 is 9.90 Å². The van der Waals surface area contributed by atoms with Gasteiger partial charge >= 0.3 is 5.97 Å². The van der Waals surface area contributed by atoms with E-state index in [1.54, 1.807) is 6.92 Å². The minimum Gasteiger partial charge on any atom is -0.481 e. The zero-order valence-electron chi connectivity index (χ0n) is 8.95. The summed E-state index contributed by atoms with van der Waals surface area (Å²) in [6.07, 6.45) is 5.60. The van der Waals surface area contributed by atoms with Crippen molar-refractivity contribution in [2.24, 2.45) is 5.92 Å². The monoisotopic (exact) mass is 224 g/mol. The van der Waals surface area contributed by atoms with Gasteiger partial charge in [-0.15, -0.1) is 11.3 Å². The number of carboxylic acids is 1. The molecule has 1 aliphatic carbocycles. The van der Waals surface area contributed by atoms with Crippen molar-refractivity contribution in [3.8, 4) is 0 Å². The lowest BCUT2D eigenvalue weighted by atomic mass is 9.92. The molecule has 2 rings (SSSR count). The molecule has 1 N–H and O–H groups in total. The van der Waals surface area contributed by atoms with Crippen molar-refractivity contribution >= 4 is 17.3 Å². The maximum absolute atomic E-state index is 10.8. The summed E-state index contributed by atoms with van der Waals surface area (Å²) in [6, 6.07) is 0. The predicted molar refractivity (Wildman–Crippen MR) is 61.5 cm³/mol. The van der Waals surface area contributed by atoms with Crippen molar-refractivity contribution in [3.63, 3.8) is 0 Å². The van der Waals surface area contributed by atoms with Gasteiger partial charge in [0.2, 0.25) is 0 Å². The summed E-state index contributed by atoms with van der Waals surface area (Å²) in [7, 11) is 0. The molecule has 1 unspecified atom stereocenters. The van der Waals surface area contributed by atoms with E-state index >= 15 is 0 Å². The van der Waals surface area contributed by atoms with Crippen LogP contribution < -0.4 is 0 Å². The van der Waals surface area contributed by atoms with Crippen LogP contribution in [0, 0.1) is 5.92 Å². The molecule has 0 spiro atoms. The smallest absolute Gasteiger partial charge is 0.306 e. The highest BCUT2D eigenvalue weighted by Crippen LogP contribution is 2.31. The number of hydrogen-bond acceptors (Lipinski definition) is 2. The summed E-state index contributed by atoms with van der Waals surface area (Å²) in [5.74, 6) is -0.948. The first-order chi connectivity index (χ1) is 7.18. The van der Waals surface area contributed by atoms with E-state index in [4.69, 9.17) is 5.11 Å². The van der Waals surface area contributed by atoms with Crippen molar-refractivity contribution in [2.75, 3.05) is 0 Å². The lowest BCUT2D eigenvalue weighted by Gasteiger charge is -2.13. The summed E-state index contributed by atoms with van der Waals surface area (Å²) in [5.41, 5.74) is 2.74. The summed E-state index contributed by atoms with van der Waals surface area (Å²) < 4.78 is 0. The third-order valence-corrected chi connectivity index (χ3v) is 4.23. The molecule has 82 valence electrons. The molecule has 0 aromatic carbocycles. The highest BCUT2D eigenvalue weighted by molar-refractivity contribution is 7.10. The molecule has 3 heteroatoms. The molecular weight excluding hydrogens is 208 g/mol. The summed E-state index contributed by atoms with van der Waals surface area (Å²) in [5, 5.41) is 11.1. The fourth-order valence-corrected chi connectivity index (χ4v) is 3.31. The highest BCUT2D eigenvalue weighted by Gasteiger charge is 2.19. The maximum atomic E-state index is 10.8. The Morgan fingerprint density at radius 3 is 3.00 bits per heavy atom. The third kappa shape index (κ3) is 2.23. The molecule has 0 fully saturated rings. The number of hydrogen-bond donors (Lipinski definition) is 1. The first kappa shape index (κ1) is 10.7. The number of fused-ring (bicyclic) bond motifs is 1. The zero-order chi connectivity index (χ0) is 10.8. The maximum Gasteiger partial charge on any atom is 0.306 e. The fourth-order valence-electron chi connectivity index (χ4n) is 2.15. The molecular formula is C12H16O2S. The van der Waals surface area contributed by atoms with Gasteiger partial charge in [0.25, 0.3) is 0 Å². The largest absolute Gasteiger partial charge is 0.481 e. The van der Waals surface area contributed by atoms with Crippen LogP contribution in [0.25, 0.3) is 0 Å². The average molecular weight is 224 g/mol. The molecule has 0 saturated heterocycles. The Morgan fingerprint density at radius 1 is 1.53 bits per heavy atom. The van der Waals surface area contributed by atoms with Gasteiger partial charge in [0.15, 0.2) is 0 Å². The molecule has 0 aliphatic heterocycles. The summed E-state index contributed by atoms with van der Waals surface area (Å²) in [6.45, 7) is 1.79. The van der Waals surface area contributed by atoms with Crippen LogP contribution in [-0.2, 0) is 24.1 Å². The minimum absolute atomic E-state index is 0.259. The SMILES string of the molecule is CC(Cc1csc2c1CCCC2)C(=O)O. The number of rotatable bonds is 3. The van der Waals surface area contributed by atoms with E-state index in [0.29, 0.717) is 6.42 Å².